The van der Waals surface area contributed by atoms with Crippen LogP contribution in [0.4, 0.5) is 0 Å². The SMILES string of the molecule is C=C1CCCC2(CC2)N1C(C)C.C=C1CCCC2(CC2)N1C(C)C.CC. The largest absolute Gasteiger partial charge is 0.367 e. The normalized spacial score (nSPS) is 25.1. The van der Waals surface area contributed by atoms with Crippen LogP contribution in [-0.2, 0) is 0 Å². The van der Waals surface area contributed by atoms with Crippen LogP contribution < -0.4 is 0 Å². The highest BCUT2D eigenvalue weighted by Crippen LogP contribution is 2.52. The second kappa shape index (κ2) is 8.40. The molecule has 0 radical (unpaired) electrons. The maximum absolute atomic E-state index is 4.18. The molecule has 4 fully saturated rings. The van der Waals surface area contributed by atoms with E-state index in [0.717, 1.165) is 0 Å². The fourth-order valence-corrected chi connectivity index (χ4v) is 5.49. The molecule has 4 rings (SSSR count). The zero-order valence-corrected chi connectivity index (χ0v) is 18.5. The summed E-state index contributed by atoms with van der Waals surface area (Å²) in [6, 6.07) is 1.31. The number of likely N-dealkylation sites (tertiary alicyclic amines) is 2. The molecule has 2 aliphatic heterocycles. The van der Waals surface area contributed by atoms with Gasteiger partial charge in [0, 0.05) is 34.6 Å². The van der Waals surface area contributed by atoms with Gasteiger partial charge in [-0.25, -0.2) is 0 Å². The number of hydrogen-bond donors (Lipinski definition) is 0. The molecule has 2 saturated carbocycles. The van der Waals surface area contributed by atoms with Crippen molar-refractivity contribution >= 4 is 0 Å². The Morgan fingerprint density at radius 1 is 0.654 bits per heavy atom. The van der Waals surface area contributed by atoms with Gasteiger partial charge in [-0.1, -0.05) is 27.0 Å². The molecule has 0 aromatic rings. The zero-order valence-electron chi connectivity index (χ0n) is 18.5. The van der Waals surface area contributed by atoms with Crippen molar-refractivity contribution in [1.29, 1.82) is 0 Å². The number of hydrogen-bond acceptors (Lipinski definition) is 2. The third kappa shape index (κ3) is 4.31. The maximum atomic E-state index is 4.18. The predicted octanol–water partition coefficient (Wildman–Crippen LogP) is 6.88. The van der Waals surface area contributed by atoms with Crippen LogP contribution in [0.2, 0.25) is 0 Å². The predicted molar refractivity (Wildman–Crippen MR) is 115 cm³/mol. The molecule has 150 valence electrons. The molecule has 0 atom stereocenters. The van der Waals surface area contributed by atoms with Gasteiger partial charge in [0.1, 0.15) is 0 Å². The monoisotopic (exact) mass is 360 g/mol. The van der Waals surface area contributed by atoms with E-state index in [1.807, 2.05) is 13.8 Å². The highest BCUT2D eigenvalue weighted by molar-refractivity contribution is 5.17. The molecule has 0 unspecified atom stereocenters. The molecule has 2 saturated heterocycles. The van der Waals surface area contributed by atoms with Crippen molar-refractivity contribution in [3.63, 3.8) is 0 Å². The van der Waals surface area contributed by atoms with E-state index in [2.05, 4.69) is 50.7 Å². The van der Waals surface area contributed by atoms with Crippen molar-refractivity contribution in [2.75, 3.05) is 0 Å². The Labute approximate surface area is 163 Å². The standard InChI is InChI=1S/2C11H19N.C2H6/c2*1-9(2)12-10(3)5-4-6-11(12)7-8-11;1-2/h2*9H,3-8H2,1-2H3;1-2H3. The van der Waals surface area contributed by atoms with Crippen LogP contribution >= 0.6 is 0 Å². The first-order chi connectivity index (χ1) is 12.3. The van der Waals surface area contributed by atoms with Gasteiger partial charge in [0.05, 0.1) is 0 Å². The number of allylic oxidation sites excluding steroid dienone is 2. The first-order valence-electron chi connectivity index (χ1n) is 11.3. The van der Waals surface area contributed by atoms with Crippen molar-refractivity contribution in [2.45, 2.75) is 129 Å². The lowest BCUT2D eigenvalue weighted by Crippen LogP contribution is -2.43. The third-order valence-electron chi connectivity index (χ3n) is 6.61. The number of nitrogens with zero attached hydrogens (tertiary/aromatic N) is 2. The Balaban J connectivity index is 0.000000171. The average molecular weight is 361 g/mol. The summed E-state index contributed by atoms with van der Waals surface area (Å²) in [5.74, 6) is 0. The van der Waals surface area contributed by atoms with Gasteiger partial charge >= 0.3 is 0 Å². The molecule has 2 spiro atoms. The van der Waals surface area contributed by atoms with E-state index in [1.54, 1.807) is 0 Å². The van der Waals surface area contributed by atoms with Crippen LogP contribution in [0.5, 0.6) is 0 Å². The van der Waals surface area contributed by atoms with E-state index in [-0.39, 0.29) is 0 Å². The summed E-state index contributed by atoms with van der Waals surface area (Å²) in [4.78, 5) is 5.16. The van der Waals surface area contributed by atoms with E-state index < -0.39 is 0 Å². The topological polar surface area (TPSA) is 6.48 Å². The summed E-state index contributed by atoms with van der Waals surface area (Å²) < 4.78 is 0. The summed E-state index contributed by atoms with van der Waals surface area (Å²) in [7, 11) is 0. The summed E-state index contributed by atoms with van der Waals surface area (Å²) in [6.45, 7) is 21.5. The van der Waals surface area contributed by atoms with Crippen molar-refractivity contribution < 1.29 is 0 Å². The average Bonchev–Trinajstić information content (AvgIpc) is 3.50. The van der Waals surface area contributed by atoms with Crippen LogP contribution in [-0.4, -0.2) is 33.0 Å². The fourth-order valence-electron chi connectivity index (χ4n) is 5.49. The second-order valence-electron chi connectivity index (χ2n) is 9.22. The number of rotatable bonds is 2. The van der Waals surface area contributed by atoms with Gasteiger partial charge in [-0.2, -0.15) is 0 Å². The van der Waals surface area contributed by atoms with Crippen LogP contribution in [0, 0.1) is 0 Å². The van der Waals surface area contributed by atoms with Gasteiger partial charge in [0.25, 0.3) is 0 Å². The molecule has 0 amide bonds. The Morgan fingerprint density at radius 2 is 0.962 bits per heavy atom. The van der Waals surface area contributed by atoms with E-state index in [4.69, 9.17) is 0 Å². The van der Waals surface area contributed by atoms with Gasteiger partial charge in [0.2, 0.25) is 0 Å². The van der Waals surface area contributed by atoms with Crippen molar-refractivity contribution in [2.24, 2.45) is 0 Å². The van der Waals surface area contributed by atoms with Gasteiger partial charge in [-0.05, 0) is 91.9 Å². The molecule has 2 heterocycles. The van der Waals surface area contributed by atoms with E-state index >= 15 is 0 Å². The van der Waals surface area contributed by atoms with Crippen LogP contribution in [0.25, 0.3) is 0 Å². The minimum absolute atomic E-state index is 0.573. The van der Waals surface area contributed by atoms with Gasteiger partial charge in [0.15, 0.2) is 0 Å². The Morgan fingerprint density at radius 3 is 1.15 bits per heavy atom. The van der Waals surface area contributed by atoms with E-state index in [0.29, 0.717) is 23.2 Å². The first kappa shape index (κ1) is 21.4. The molecule has 0 N–H and O–H groups in total. The highest BCUT2D eigenvalue weighted by atomic mass is 15.3. The smallest absolute Gasteiger partial charge is 0.0403 e. The summed E-state index contributed by atoms with van der Waals surface area (Å²) in [5.41, 5.74) is 3.91. The van der Waals surface area contributed by atoms with E-state index in [9.17, 15) is 0 Å². The molecule has 2 nitrogen and oxygen atoms in total. The molecule has 2 aliphatic carbocycles. The minimum Gasteiger partial charge on any atom is -0.367 e. The fraction of sp³-hybridized carbons (Fsp3) is 0.833. The Bertz CT molecular complexity index is 448. The quantitative estimate of drug-likeness (QED) is 0.529. The molecule has 26 heavy (non-hydrogen) atoms. The first-order valence-corrected chi connectivity index (χ1v) is 11.3. The van der Waals surface area contributed by atoms with E-state index in [1.165, 1.54) is 75.6 Å². The molecule has 4 aliphatic rings. The Kier molecular flexibility index (Phi) is 6.91. The summed E-state index contributed by atoms with van der Waals surface area (Å²) in [5, 5.41) is 0. The Hall–Kier alpha value is -0.920. The molecule has 0 aromatic carbocycles. The lowest BCUT2D eigenvalue weighted by molar-refractivity contribution is 0.142. The second-order valence-corrected chi connectivity index (χ2v) is 9.22. The zero-order chi connectivity index (χ0) is 19.5. The maximum Gasteiger partial charge on any atom is 0.0403 e. The van der Waals surface area contributed by atoms with Gasteiger partial charge in [-0.3, -0.25) is 0 Å². The lowest BCUT2D eigenvalue weighted by Gasteiger charge is -2.42. The van der Waals surface area contributed by atoms with Gasteiger partial charge in [-0.15, -0.1) is 0 Å². The summed E-state index contributed by atoms with van der Waals surface area (Å²) >= 11 is 0. The lowest BCUT2D eigenvalue weighted by atomic mass is 9.96. The summed E-state index contributed by atoms with van der Waals surface area (Å²) in [6.07, 6.45) is 13.6. The minimum atomic E-state index is 0.573. The molecular formula is C24H44N2. The molecule has 2 heteroatoms. The molecule has 0 bridgehead atoms. The molecular weight excluding hydrogens is 316 g/mol. The van der Waals surface area contributed by atoms with Gasteiger partial charge < -0.3 is 9.80 Å². The number of piperidine rings is 2. The van der Waals surface area contributed by atoms with Crippen molar-refractivity contribution in [3.8, 4) is 0 Å². The molecule has 0 aromatic heterocycles. The van der Waals surface area contributed by atoms with Crippen LogP contribution in [0.3, 0.4) is 0 Å². The van der Waals surface area contributed by atoms with Crippen molar-refractivity contribution in [1.82, 2.24) is 9.80 Å². The van der Waals surface area contributed by atoms with Crippen LogP contribution in [0.1, 0.15) is 106 Å². The van der Waals surface area contributed by atoms with Crippen LogP contribution in [0.15, 0.2) is 24.6 Å². The highest BCUT2D eigenvalue weighted by Gasteiger charge is 2.51. The van der Waals surface area contributed by atoms with Crippen molar-refractivity contribution in [3.05, 3.63) is 24.6 Å². The third-order valence-corrected chi connectivity index (χ3v) is 6.61.